The Labute approximate surface area is 201 Å². The highest BCUT2D eigenvalue weighted by Gasteiger charge is 2.34. The monoisotopic (exact) mass is 453 g/mol. The average Bonchev–Trinajstić information content (AvgIpc) is 3.32. The molecule has 2 saturated heterocycles. The van der Waals surface area contributed by atoms with Gasteiger partial charge in [0.05, 0.1) is 28.7 Å². The Bertz CT molecular complexity index is 1240. The van der Waals surface area contributed by atoms with E-state index in [0.717, 1.165) is 63.3 Å². The second-order valence-electron chi connectivity index (χ2n) is 9.98. The second-order valence-corrected chi connectivity index (χ2v) is 9.98. The van der Waals surface area contributed by atoms with E-state index < -0.39 is 0 Å². The SMILES string of the molecule is CC1CC(N2Cc3cc(N4CCNCC4)cnc3C2)CN(c2ccc(C#N)c3ncccc23)C1. The van der Waals surface area contributed by atoms with Crippen molar-refractivity contribution < 1.29 is 0 Å². The van der Waals surface area contributed by atoms with Gasteiger partial charge in [-0.25, -0.2) is 0 Å². The number of rotatable bonds is 3. The van der Waals surface area contributed by atoms with Gasteiger partial charge in [0.15, 0.2) is 0 Å². The number of aromatic nitrogens is 2. The quantitative estimate of drug-likeness (QED) is 0.653. The molecule has 7 heteroatoms. The maximum atomic E-state index is 9.53. The van der Waals surface area contributed by atoms with Crippen molar-refractivity contribution in [2.45, 2.75) is 32.5 Å². The molecule has 2 atom stereocenters. The van der Waals surface area contributed by atoms with Gasteiger partial charge < -0.3 is 15.1 Å². The summed E-state index contributed by atoms with van der Waals surface area (Å²) in [6, 6.07) is 13.2. The molecule has 0 spiro atoms. The molecule has 34 heavy (non-hydrogen) atoms. The van der Waals surface area contributed by atoms with E-state index in [1.54, 1.807) is 6.20 Å². The molecular weight excluding hydrogens is 422 g/mol. The predicted octanol–water partition coefficient (Wildman–Crippen LogP) is 3.14. The Morgan fingerprint density at radius 1 is 1.06 bits per heavy atom. The molecule has 3 aliphatic heterocycles. The first kappa shape index (κ1) is 21.3. The van der Waals surface area contributed by atoms with Crippen molar-refractivity contribution in [2.75, 3.05) is 49.1 Å². The largest absolute Gasteiger partial charge is 0.369 e. The van der Waals surface area contributed by atoms with Crippen LogP contribution in [0.3, 0.4) is 0 Å². The van der Waals surface area contributed by atoms with Gasteiger partial charge in [-0.3, -0.25) is 14.9 Å². The number of piperazine rings is 1. The zero-order valence-electron chi connectivity index (χ0n) is 19.7. The summed E-state index contributed by atoms with van der Waals surface area (Å²) < 4.78 is 0. The summed E-state index contributed by atoms with van der Waals surface area (Å²) in [4.78, 5) is 17.0. The van der Waals surface area contributed by atoms with Crippen LogP contribution in [0.4, 0.5) is 11.4 Å². The van der Waals surface area contributed by atoms with E-state index in [-0.39, 0.29) is 0 Å². The molecule has 2 aromatic heterocycles. The molecule has 0 bridgehead atoms. The standard InChI is InChI=1S/C27H31N7/c1-19-11-23(17-34(15-19)26-5-4-20(13-28)27-24(26)3-2-6-30-27)33-16-21-12-22(14-31-25(21)18-33)32-9-7-29-8-10-32/h2-6,12,14,19,23,29H,7-11,15-18H2,1H3. The maximum absolute atomic E-state index is 9.53. The Morgan fingerprint density at radius 2 is 1.94 bits per heavy atom. The number of piperidine rings is 1. The third kappa shape index (κ3) is 3.87. The third-order valence-electron chi connectivity index (χ3n) is 7.62. The topological polar surface area (TPSA) is 71.3 Å². The van der Waals surface area contributed by atoms with Crippen molar-refractivity contribution in [1.29, 1.82) is 5.26 Å². The molecule has 5 heterocycles. The summed E-state index contributed by atoms with van der Waals surface area (Å²) in [7, 11) is 0. The smallest absolute Gasteiger partial charge is 0.101 e. The Kier molecular flexibility index (Phi) is 5.56. The number of hydrogen-bond acceptors (Lipinski definition) is 7. The fourth-order valence-corrected chi connectivity index (χ4v) is 5.93. The lowest BCUT2D eigenvalue weighted by Gasteiger charge is -2.42. The lowest BCUT2D eigenvalue weighted by molar-refractivity contribution is 0.157. The molecule has 0 saturated carbocycles. The molecule has 7 nitrogen and oxygen atoms in total. The molecule has 2 unspecified atom stereocenters. The fourth-order valence-electron chi connectivity index (χ4n) is 5.93. The van der Waals surface area contributed by atoms with Gasteiger partial charge in [-0.2, -0.15) is 5.26 Å². The zero-order valence-corrected chi connectivity index (χ0v) is 19.7. The van der Waals surface area contributed by atoms with Crippen LogP contribution in [0.15, 0.2) is 42.7 Å². The first-order valence-corrected chi connectivity index (χ1v) is 12.4. The highest BCUT2D eigenvalue weighted by Crippen LogP contribution is 2.35. The van der Waals surface area contributed by atoms with Gasteiger partial charge in [0.25, 0.3) is 0 Å². The minimum Gasteiger partial charge on any atom is -0.369 e. The van der Waals surface area contributed by atoms with E-state index in [2.05, 4.69) is 62.4 Å². The minimum absolute atomic E-state index is 0.475. The Hall–Kier alpha value is -3.21. The summed E-state index contributed by atoms with van der Waals surface area (Å²) in [6.07, 6.45) is 5.04. The summed E-state index contributed by atoms with van der Waals surface area (Å²) in [6.45, 7) is 10.4. The van der Waals surface area contributed by atoms with Gasteiger partial charge in [-0.05, 0) is 48.2 Å². The third-order valence-corrected chi connectivity index (χ3v) is 7.62. The van der Waals surface area contributed by atoms with Gasteiger partial charge in [-0.15, -0.1) is 0 Å². The van der Waals surface area contributed by atoms with Crippen molar-refractivity contribution in [3.05, 3.63) is 59.5 Å². The molecule has 174 valence electrons. The van der Waals surface area contributed by atoms with E-state index in [1.165, 1.54) is 29.1 Å². The van der Waals surface area contributed by atoms with Crippen LogP contribution in [-0.2, 0) is 13.1 Å². The van der Waals surface area contributed by atoms with Crippen LogP contribution in [-0.4, -0.2) is 60.2 Å². The summed E-state index contributed by atoms with van der Waals surface area (Å²) >= 11 is 0. The van der Waals surface area contributed by atoms with Gasteiger partial charge in [0.1, 0.15) is 6.07 Å². The number of nitrogens with zero attached hydrogens (tertiary/aromatic N) is 6. The van der Waals surface area contributed by atoms with Crippen molar-refractivity contribution in [3.8, 4) is 6.07 Å². The van der Waals surface area contributed by atoms with E-state index in [9.17, 15) is 5.26 Å². The number of nitriles is 1. The number of anilines is 2. The molecular formula is C27H31N7. The lowest BCUT2D eigenvalue weighted by atomic mass is 9.93. The lowest BCUT2D eigenvalue weighted by Crippen LogP contribution is -2.49. The summed E-state index contributed by atoms with van der Waals surface area (Å²) in [5.41, 5.74) is 6.51. The van der Waals surface area contributed by atoms with E-state index in [0.29, 0.717) is 17.5 Å². The molecule has 6 rings (SSSR count). The summed E-state index contributed by atoms with van der Waals surface area (Å²) in [5, 5.41) is 14.0. The van der Waals surface area contributed by atoms with Crippen molar-refractivity contribution in [3.63, 3.8) is 0 Å². The molecule has 1 N–H and O–H groups in total. The van der Waals surface area contributed by atoms with Crippen LogP contribution in [0.1, 0.15) is 30.2 Å². The zero-order chi connectivity index (χ0) is 23.1. The van der Waals surface area contributed by atoms with Gasteiger partial charge in [0.2, 0.25) is 0 Å². The van der Waals surface area contributed by atoms with Crippen LogP contribution in [0.5, 0.6) is 0 Å². The average molecular weight is 454 g/mol. The van der Waals surface area contributed by atoms with Gasteiger partial charge in [0, 0.05) is 75.7 Å². The number of benzene rings is 1. The number of fused-ring (bicyclic) bond motifs is 2. The molecule has 0 aliphatic carbocycles. The van der Waals surface area contributed by atoms with E-state index in [1.807, 2.05) is 12.1 Å². The molecule has 2 fully saturated rings. The normalized spacial score (nSPS) is 23.2. The van der Waals surface area contributed by atoms with Crippen molar-refractivity contribution in [2.24, 2.45) is 5.92 Å². The first-order chi connectivity index (χ1) is 16.7. The minimum atomic E-state index is 0.475. The van der Waals surface area contributed by atoms with Crippen LogP contribution >= 0.6 is 0 Å². The van der Waals surface area contributed by atoms with Crippen LogP contribution in [0, 0.1) is 17.2 Å². The van der Waals surface area contributed by atoms with Crippen LogP contribution < -0.4 is 15.1 Å². The maximum Gasteiger partial charge on any atom is 0.101 e. The van der Waals surface area contributed by atoms with Crippen LogP contribution in [0.2, 0.25) is 0 Å². The highest BCUT2D eigenvalue weighted by molar-refractivity contribution is 5.95. The molecule has 0 amide bonds. The Morgan fingerprint density at radius 3 is 2.79 bits per heavy atom. The van der Waals surface area contributed by atoms with E-state index >= 15 is 0 Å². The molecule has 3 aliphatic rings. The number of pyridine rings is 2. The molecule has 1 aromatic carbocycles. The van der Waals surface area contributed by atoms with E-state index in [4.69, 9.17) is 4.98 Å². The van der Waals surface area contributed by atoms with Crippen molar-refractivity contribution >= 4 is 22.3 Å². The van der Waals surface area contributed by atoms with Gasteiger partial charge >= 0.3 is 0 Å². The fraction of sp³-hybridized carbons (Fsp3) is 0.444. The summed E-state index contributed by atoms with van der Waals surface area (Å²) in [5.74, 6) is 0.592. The van der Waals surface area contributed by atoms with Crippen LogP contribution in [0.25, 0.3) is 10.9 Å². The number of hydrogen-bond donors (Lipinski definition) is 1. The second kappa shape index (κ2) is 8.86. The first-order valence-electron chi connectivity index (χ1n) is 12.4. The Balaban J connectivity index is 1.23. The molecule has 0 radical (unpaired) electrons. The van der Waals surface area contributed by atoms with Crippen molar-refractivity contribution in [1.82, 2.24) is 20.2 Å². The molecule has 3 aromatic rings. The predicted molar refractivity (Wildman–Crippen MR) is 135 cm³/mol. The highest BCUT2D eigenvalue weighted by atomic mass is 15.3. The number of nitrogens with one attached hydrogen (secondary N) is 1. The van der Waals surface area contributed by atoms with Gasteiger partial charge in [-0.1, -0.05) is 6.92 Å².